The van der Waals surface area contributed by atoms with Crippen LogP contribution >= 0.6 is 0 Å². The average molecular weight is 291 g/mol. The van der Waals surface area contributed by atoms with Crippen LogP contribution in [0.1, 0.15) is 23.1 Å². The van der Waals surface area contributed by atoms with Gasteiger partial charge in [0.1, 0.15) is 0 Å². The molecule has 0 unspecified atom stereocenters. The zero-order chi connectivity index (χ0) is 15.1. The lowest BCUT2D eigenvalue weighted by atomic mass is 10.1. The molecule has 4 heteroatoms. The summed E-state index contributed by atoms with van der Waals surface area (Å²) in [6.45, 7) is 1.27. The Labute approximate surface area is 123 Å². The quantitative estimate of drug-likeness (QED) is 0.815. The normalized spacial score (nSPS) is 10.9. The maximum absolute atomic E-state index is 12.5. The number of methoxy groups -OCH3 is 1. The molecule has 1 N–H and O–H groups in total. The van der Waals surface area contributed by atoms with Gasteiger partial charge >= 0.3 is 0 Å². The third-order valence-corrected chi connectivity index (χ3v) is 3.31. The van der Waals surface area contributed by atoms with Gasteiger partial charge in [0, 0.05) is 24.9 Å². The summed E-state index contributed by atoms with van der Waals surface area (Å²) in [6.07, 6.45) is -1.58. The first-order valence-corrected chi connectivity index (χ1v) is 6.88. The Morgan fingerprint density at radius 2 is 1.76 bits per heavy atom. The van der Waals surface area contributed by atoms with Crippen LogP contribution in [-0.2, 0) is 17.7 Å². The minimum absolute atomic E-state index is 0.0549. The van der Waals surface area contributed by atoms with E-state index >= 15 is 0 Å². The van der Waals surface area contributed by atoms with Crippen molar-refractivity contribution in [2.24, 2.45) is 0 Å². The van der Waals surface area contributed by atoms with E-state index in [1.54, 1.807) is 19.2 Å². The van der Waals surface area contributed by atoms with Crippen LogP contribution in [-0.4, -0.2) is 13.7 Å². The molecule has 2 aromatic carbocycles. The molecule has 0 aliphatic rings. The standard InChI is InChI=1S/C17H19F2NO/c1-21-11-10-14-4-2-3-5-16(14)20-12-13-6-8-15(9-7-13)17(18)19/h2-9,17,20H,10-12H2,1H3. The number of ether oxygens (including phenoxy) is 1. The summed E-state index contributed by atoms with van der Waals surface area (Å²) in [7, 11) is 1.68. The molecule has 2 rings (SSSR count). The van der Waals surface area contributed by atoms with Crippen LogP contribution < -0.4 is 5.32 Å². The third kappa shape index (κ3) is 4.53. The highest BCUT2D eigenvalue weighted by Crippen LogP contribution is 2.20. The summed E-state index contributed by atoms with van der Waals surface area (Å²) in [6, 6.07) is 14.4. The average Bonchev–Trinajstić information content (AvgIpc) is 2.52. The maximum Gasteiger partial charge on any atom is 0.263 e. The van der Waals surface area contributed by atoms with E-state index in [0.717, 1.165) is 17.7 Å². The van der Waals surface area contributed by atoms with Gasteiger partial charge in [-0.15, -0.1) is 0 Å². The lowest BCUT2D eigenvalue weighted by Gasteiger charge is -2.12. The molecule has 21 heavy (non-hydrogen) atoms. The number of hydrogen-bond donors (Lipinski definition) is 1. The number of rotatable bonds is 7. The monoisotopic (exact) mass is 291 g/mol. The van der Waals surface area contributed by atoms with E-state index in [4.69, 9.17) is 4.74 Å². The first-order valence-electron chi connectivity index (χ1n) is 6.88. The third-order valence-electron chi connectivity index (χ3n) is 3.31. The highest BCUT2D eigenvalue weighted by atomic mass is 19.3. The first-order chi connectivity index (χ1) is 10.2. The van der Waals surface area contributed by atoms with Crippen molar-refractivity contribution in [3.63, 3.8) is 0 Å². The van der Waals surface area contributed by atoms with Crippen molar-refractivity contribution in [3.05, 3.63) is 65.2 Å². The number of hydrogen-bond acceptors (Lipinski definition) is 2. The van der Waals surface area contributed by atoms with Crippen LogP contribution in [0.2, 0.25) is 0 Å². The van der Waals surface area contributed by atoms with Gasteiger partial charge in [-0.05, 0) is 23.6 Å². The van der Waals surface area contributed by atoms with E-state index in [2.05, 4.69) is 11.4 Å². The van der Waals surface area contributed by atoms with Crippen molar-refractivity contribution >= 4 is 5.69 Å². The van der Waals surface area contributed by atoms with Gasteiger partial charge in [-0.2, -0.15) is 0 Å². The van der Waals surface area contributed by atoms with Crippen LogP contribution in [0.4, 0.5) is 14.5 Å². The highest BCUT2D eigenvalue weighted by molar-refractivity contribution is 5.51. The molecule has 2 nitrogen and oxygen atoms in total. The minimum atomic E-state index is -2.42. The van der Waals surface area contributed by atoms with Gasteiger partial charge in [-0.3, -0.25) is 0 Å². The van der Waals surface area contributed by atoms with E-state index in [1.165, 1.54) is 17.7 Å². The predicted octanol–water partition coefficient (Wildman–Crippen LogP) is 4.43. The summed E-state index contributed by atoms with van der Waals surface area (Å²) in [4.78, 5) is 0. The minimum Gasteiger partial charge on any atom is -0.384 e. The Hall–Kier alpha value is -1.94. The number of halogens is 2. The summed E-state index contributed by atoms with van der Waals surface area (Å²) < 4.78 is 30.1. The van der Waals surface area contributed by atoms with Crippen molar-refractivity contribution in [3.8, 4) is 0 Å². The van der Waals surface area contributed by atoms with E-state index in [-0.39, 0.29) is 5.56 Å². The van der Waals surface area contributed by atoms with Crippen LogP contribution in [0.3, 0.4) is 0 Å². The van der Waals surface area contributed by atoms with Gasteiger partial charge < -0.3 is 10.1 Å². The van der Waals surface area contributed by atoms with E-state index < -0.39 is 6.43 Å². The van der Waals surface area contributed by atoms with Crippen molar-refractivity contribution in [1.29, 1.82) is 0 Å². The van der Waals surface area contributed by atoms with Gasteiger partial charge in [-0.1, -0.05) is 42.5 Å². The molecule has 0 saturated heterocycles. The molecular weight excluding hydrogens is 272 g/mol. The molecule has 112 valence electrons. The zero-order valence-corrected chi connectivity index (χ0v) is 12.0. The molecule has 2 aromatic rings. The van der Waals surface area contributed by atoms with E-state index in [0.29, 0.717) is 13.2 Å². The number of anilines is 1. The molecular formula is C17H19F2NO. The van der Waals surface area contributed by atoms with Crippen LogP contribution in [0, 0.1) is 0 Å². The largest absolute Gasteiger partial charge is 0.384 e. The molecule has 0 radical (unpaired) electrons. The Morgan fingerprint density at radius 1 is 1.05 bits per heavy atom. The van der Waals surface area contributed by atoms with Crippen LogP contribution in [0.5, 0.6) is 0 Å². The Morgan fingerprint density at radius 3 is 2.43 bits per heavy atom. The molecule has 0 aromatic heterocycles. The molecule has 0 spiro atoms. The van der Waals surface area contributed by atoms with E-state index in [1.807, 2.05) is 18.2 Å². The van der Waals surface area contributed by atoms with Crippen molar-refractivity contribution in [1.82, 2.24) is 0 Å². The van der Waals surface area contributed by atoms with Crippen molar-refractivity contribution in [2.75, 3.05) is 19.0 Å². The van der Waals surface area contributed by atoms with Crippen molar-refractivity contribution in [2.45, 2.75) is 19.4 Å². The molecule has 0 heterocycles. The molecule has 0 aliphatic heterocycles. The first kappa shape index (κ1) is 15.4. The second-order valence-electron chi connectivity index (χ2n) is 4.80. The molecule has 0 amide bonds. The fraction of sp³-hybridized carbons (Fsp3) is 0.294. The number of alkyl halides is 2. The zero-order valence-electron chi connectivity index (χ0n) is 12.0. The fourth-order valence-electron chi connectivity index (χ4n) is 2.10. The molecule has 0 fully saturated rings. The molecule has 0 atom stereocenters. The second kappa shape index (κ2) is 7.74. The summed E-state index contributed by atoms with van der Waals surface area (Å²) in [5, 5.41) is 3.34. The molecule has 0 saturated carbocycles. The smallest absolute Gasteiger partial charge is 0.263 e. The van der Waals surface area contributed by atoms with Crippen LogP contribution in [0.15, 0.2) is 48.5 Å². The Kier molecular flexibility index (Phi) is 5.69. The SMILES string of the molecule is COCCc1ccccc1NCc1ccc(C(F)F)cc1. The predicted molar refractivity (Wildman–Crippen MR) is 80.7 cm³/mol. The van der Waals surface area contributed by atoms with E-state index in [9.17, 15) is 8.78 Å². The van der Waals surface area contributed by atoms with Gasteiger partial charge in [0.2, 0.25) is 0 Å². The summed E-state index contributed by atoms with van der Waals surface area (Å²) >= 11 is 0. The maximum atomic E-state index is 12.5. The second-order valence-corrected chi connectivity index (χ2v) is 4.80. The highest BCUT2D eigenvalue weighted by Gasteiger charge is 2.06. The van der Waals surface area contributed by atoms with Gasteiger partial charge in [0.05, 0.1) is 6.61 Å². The summed E-state index contributed by atoms with van der Waals surface area (Å²) in [5.74, 6) is 0. The number of para-hydroxylation sites is 1. The number of benzene rings is 2. The van der Waals surface area contributed by atoms with Gasteiger partial charge in [0.15, 0.2) is 0 Å². The Balaban J connectivity index is 1.99. The number of nitrogens with one attached hydrogen (secondary N) is 1. The lowest BCUT2D eigenvalue weighted by molar-refractivity contribution is 0.151. The fourth-order valence-corrected chi connectivity index (χ4v) is 2.10. The molecule has 0 bridgehead atoms. The Bertz CT molecular complexity index is 555. The lowest BCUT2D eigenvalue weighted by Crippen LogP contribution is -2.04. The van der Waals surface area contributed by atoms with Gasteiger partial charge in [-0.25, -0.2) is 8.78 Å². The van der Waals surface area contributed by atoms with Crippen LogP contribution in [0.25, 0.3) is 0 Å². The van der Waals surface area contributed by atoms with Crippen molar-refractivity contribution < 1.29 is 13.5 Å². The van der Waals surface area contributed by atoms with Gasteiger partial charge in [0.25, 0.3) is 6.43 Å². The molecule has 0 aliphatic carbocycles. The topological polar surface area (TPSA) is 21.3 Å². The summed E-state index contributed by atoms with van der Waals surface area (Å²) in [5.41, 5.74) is 3.26.